The Kier molecular flexibility index (Phi) is 4.11. The van der Waals surface area contributed by atoms with E-state index in [2.05, 4.69) is 52.9 Å². The Morgan fingerprint density at radius 2 is 2.36 bits per heavy atom. The summed E-state index contributed by atoms with van der Waals surface area (Å²) in [6, 6.07) is 1.87. The van der Waals surface area contributed by atoms with Gasteiger partial charge in [-0.2, -0.15) is 0 Å². The van der Waals surface area contributed by atoms with E-state index in [0.717, 1.165) is 10.0 Å². The van der Waals surface area contributed by atoms with Gasteiger partial charge in [-0.1, -0.05) is 0 Å². The summed E-state index contributed by atoms with van der Waals surface area (Å²) >= 11 is 6.13. The Morgan fingerprint density at radius 3 is 2.93 bits per heavy atom. The van der Waals surface area contributed by atoms with Crippen molar-refractivity contribution < 1.29 is 4.79 Å². The summed E-state index contributed by atoms with van der Waals surface area (Å²) in [5, 5.41) is 2.56. The van der Waals surface area contributed by atoms with Crippen molar-refractivity contribution in [3.8, 4) is 10.8 Å². The fraction of sp³-hybridized carbons (Fsp3) is 0.111. The summed E-state index contributed by atoms with van der Waals surface area (Å²) in [6.45, 7) is 1.86. The molecule has 0 aliphatic carbocycles. The van der Waals surface area contributed by atoms with Gasteiger partial charge in [0.15, 0.2) is 0 Å². The number of pyridine rings is 1. The molecule has 0 aliphatic rings. The summed E-state index contributed by atoms with van der Waals surface area (Å²) in [5.74, 6) is 2.43. The normalized spacial score (nSPS) is 8.79. The second-order valence-electron chi connectivity index (χ2n) is 2.49. The Morgan fingerprint density at radius 1 is 1.64 bits per heavy atom. The van der Waals surface area contributed by atoms with Crippen molar-refractivity contribution in [2.75, 3.05) is 5.32 Å². The summed E-state index contributed by atoms with van der Waals surface area (Å²) in [4.78, 5) is 17.5. The molecule has 1 aromatic heterocycles. The minimum Gasteiger partial charge on any atom is -0.299 e. The maximum atomic E-state index is 11.1. The largest absolute Gasteiger partial charge is 0.302 e. The summed E-state index contributed by atoms with van der Waals surface area (Å²) < 4.78 is 0.875. The molecule has 0 saturated carbocycles. The zero-order valence-electron chi connectivity index (χ0n) is 7.27. The number of hydrogen-bond donors (Lipinski definition) is 1. The lowest BCUT2D eigenvalue weighted by atomic mass is 10.3. The van der Waals surface area contributed by atoms with Crippen LogP contribution in [-0.2, 0) is 4.79 Å². The molecule has 0 atom stereocenters. The Balaban J connectivity index is 2.85. The Bertz CT molecular complexity index is 421. The third-order valence-corrected chi connectivity index (χ3v) is 2.07. The van der Waals surface area contributed by atoms with Crippen molar-refractivity contribution in [1.29, 1.82) is 0 Å². The van der Waals surface area contributed by atoms with Crippen LogP contribution in [0.15, 0.2) is 16.7 Å². The molecule has 1 N–H and O–H groups in total. The number of nitrogens with zero attached hydrogens (tertiary/aromatic N) is 1. The van der Waals surface area contributed by atoms with Gasteiger partial charge in [-0.3, -0.25) is 10.1 Å². The zero-order valence-corrected chi connectivity index (χ0v) is 10.4. The van der Waals surface area contributed by atoms with Gasteiger partial charge >= 0.3 is 5.91 Å². The fourth-order valence-electron chi connectivity index (χ4n) is 0.853. The second-order valence-corrected chi connectivity index (χ2v) is 3.80. The average Bonchev–Trinajstić information content (AvgIpc) is 2.10. The first-order valence-corrected chi connectivity index (χ1v) is 5.27. The van der Waals surface area contributed by atoms with Gasteiger partial charge in [-0.05, 0) is 39.3 Å². The van der Waals surface area contributed by atoms with Crippen molar-refractivity contribution in [3.63, 3.8) is 0 Å². The lowest BCUT2D eigenvalue weighted by molar-refractivity contribution is -0.111. The van der Waals surface area contributed by atoms with Crippen LogP contribution in [0.3, 0.4) is 0 Å². The van der Waals surface area contributed by atoms with Gasteiger partial charge in [0.1, 0.15) is 5.82 Å². The van der Waals surface area contributed by atoms with E-state index in [4.69, 9.17) is 0 Å². The van der Waals surface area contributed by atoms with E-state index in [9.17, 15) is 4.79 Å². The number of aryl methyl sites for hydroxylation is 1. The standard InChI is InChI=1S/C9H6Br2N2O/c1-6-4-7(11)5-12-9(6)13-8(14)2-3-10/h4-5H,1H3,(H,12,13,14). The summed E-state index contributed by atoms with van der Waals surface area (Å²) in [7, 11) is 0. The van der Waals surface area contributed by atoms with E-state index in [0.29, 0.717) is 5.82 Å². The smallest absolute Gasteiger partial charge is 0.299 e. The molecule has 3 nitrogen and oxygen atoms in total. The number of nitrogens with one attached hydrogen (secondary N) is 1. The summed E-state index contributed by atoms with van der Waals surface area (Å²) in [5.41, 5.74) is 0.879. The van der Waals surface area contributed by atoms with Crippen LogP contribution in [0, 0.1) is 17.7 Å². The maximum Gasteiger partial charge on any atom is 0.302 e. The number of carbonyl (C=O) groups is 1. The first kappa shape index (κ1) is 11.2. The highest BCUT2D eigenvalue weighted by molar-refractivity contribution is 9.12. The van der Waals surface area contributed by atoms with Crippen LogP contribution >= 0.6 is 31.9 Å². The van der Waals surface area contributed by atoms with Crippen LogP contribution in [0.1, 0.15) is 5.56 Å². The van der Waals surface area contributed by atoms with Crippen LogP contribution in [-0.4, -0.2) is 10.9 Å². The van der Waals surface area contributed by atoms with E-state index in [-0.39, 0.29) is 5.91 Å². The second kappa shape index (κ2) is 5.13. The predicted octanol–water partition coefficient (Wildman–Crippen LogP) is 2.45. The molecule has 1 amide bonds. The number of carbonyl (C=O) groups excluding carboxylic acids is 1. The first-order valence-electron chi connectivity index (χ1n) is 3.68. The maximum absolute atomic E-state index is 11.1. The molecule has 72 valence electrons. The number of amides is 1. The third kappa shape index (κ3) is 3.13. The number of hydrogen-bond acceptors (Lipinski definition) is 2. The predicted molar refractivity (Wildman–Crippen MR) is 62.0 cm³/mol. The molecule has 0 radical (unpaired) electrons. The molecular weight excluding hydrogens is 312 g/mol. The van der Waals surface area contributed by atoms with Crippen LogP contribution in [0.4, 0.5) is 5.82 Å². The van der Waals surface area contributed by atoms with E-state index >= 15 is 0 Å². The highest BCUT2D eigenvalue weighted by atomic mass is 79.9. The van der Waals surface area contributed by atoms with Crippen molar-refractivity contribution in [2.45, 2.75) is 6.92 Å². The highest BCUT2D eigenvalue weighted by Crippen LogP contribution is 2.16. The molecule has 0 spiro atoms. The van der Waals surface area contributed by atoms with Gasteiger partial charge < -0.3 is 0 Å². The topological polar surface area (TPSA) is 42.0 Å². The number of rotatable bonds is 1. The van der Waals surface area contributed by atoms with E-state index < -0.39 is 0 Å². The van der Waals surface area contributed by atoms with Gasteiger partial charge in [-0.25, -0.2) is 4.98 Å². The molecule has 0 unspecified atom stereocenters. The number of halogens is 2. The van der Waals surface area contributed by atoms with Crippen molar-refractivity contribution in [1.82, 2.24) is 4.98 Å². The molecule has 1 rings (SSSR count). The Hall–Kier alpha value is -0.860. The quantitative estimate of drug-likeness (QED) is 0.808. The Labute approximate surface area is 98.6 Å². The highest BCUT2D eigenvalue weighted by Gasteiger charge is 2.03. The lowest BCUT2D eigenvalue weighted by Gasteiger charge is -2.03. The minimum absolute atomic E-state index is 0.389. The van der Waals surface area contributed by atoms with Gasteiger partial charge in [-0.15, -0.1) is 0 Å². The number of anilines is 1. The fourth-order valence-corrected chi connectivity index (χ4v) is 1.48. The average molecular weight is 318 g/mol. The minimum atomic E-state index is -0.389. The van der Waals surface area contributed by atoms with Gasteiger partial charge in [0.2, 0.25) is 0 Å². The van der Waals surface area contributed by atoms with Crippen molar-refractivity contribution in [3.05, 3.63) is 22.3 Å². The molecule has 0 bridgehead atoms. The summed E-state index contributed by atoms with van der Waals surface area (Å²) in [6.07, 6.45) is 1.62. The van der Waals surface area contributed by atoms with Crippen molar-refractivity contribution >= 4 is 43.6 Å². The van der Waals surface area contributed by atoms with Crippen LogP contribution in [0.25, 0.3) is 0 Å². The molecule has 1 heterocycles. The van der Waals surface area contributed by atoms with Gasteiger partial charge in [0.05, 0.1) is 0 Å². The lowest BCUT2D eigenvalue weighted by Crippen LogP contribution is -2.10. The SMILES string of the molecule is Cc1cc(Br)cnc1NC(=O)C#CBr. The van der Waals surface area contributed by atoms with Gasteiger partial charge in [0, 0.05) is 32.5 Å². The van der Waals surface area contributed by atoms with E-state index in [1.54, 1.807) is 6.20 Å². The monoisotopic (exact) mass is 316 g/mol. The van der Waals surface area contributed by atoms with E-state index in [1.165, 1.54) is 0 Å². The molecule has 0 saturated heterocycles. The van der Waals surface area contributed by atoms with Crippen molar-refractivity contribution in [2.24, 2.45) is 0 Å². The van der Waals surface area contributed by atoms with Crippen LogP contribution < -0.4 is 5.32 Å². The molecule has 14 heavy (non-hydrogen) atoms. The molecule has 0 fully saturated rings. The molecule has 5 heteroatoms. The molecule has 0 aliphatic heterocycles. The first-order chi connectivity index (χ1) is 6.63. The van der Waals surface area contributed by atoms with E-state index in [1.807, 2.05) is 13.0 Å². The number of aromatic nitrogens is 1. The van der Waals surface area contributed by atoms with Gasteiger partial charge in [0.25, 0.3) is 0 Å². The van der Waals surface area contributed by atoms with Crippen LogP contribution in [0.5, 0.6) is 0 Å². The zero-order chi connectivity index (χ0) is 10.6. The third-order valence-electron chi connectivity index (χ3n) is 1.44. The molecule has 0 aromatic carbocycles. The molecular formula is C9H6Br2N2O. The molecule has 1 aromatic rings. The van der Waals surface area contributed by atoms with Crippen LogP contribution in [0.2, 0.25) is 0 Å².